The number of amides is 1. The summed E-state index contributed by atoms with van der Waals surface area (Å²) in [6.45, 7) is 5.33. The minimum absolute atomic E-state index is 0.0527. The molecule has 102 valence electrons. The third kappa shape index (κ3) is 13.2. The van der Waals surface area contributed by atoms with E-state index in [0.717, 1.165) is 0 Å². The average molecular weight is 254 g/mol. The number of rotatable bonds is 8. The number of nitrogens with one attached hydrogen (secondary N) is 2. The summed E-state index contributed by atoms with van der Waals surface area (Å²) in [4.78, 5) is 11.2. The van der Waals surface area contributed by atoms with E-state index in [9.17, 15) is 18.0 Å². The van der Waals surface area contributed by atoms with Crippen molar-refractivity contribution in [3.05, 3.63) is 0 Å². The molecule has 0 radical (unpaired) electrons. The minimum atomic E-state index is -4.09. The molecule has 0 atom stereocenters. The number of halogens is 3. The molecule has 0 aromatic rings. The van der Waals surface area contributed by atoms with E-state index in [1.54, 1.807) is 0 Å². The minimum Gasteiger partial charge on any atom is -0.356 e. The van der Waals surface area contributed by atoms with Gasteiger partial charge in [-0.2, -0.15) is 13.2 Å². The summed E-state index contributed by atoms with van der Waals surface area (Å²) in [5, 5.41) is 5.55. The average Bonchev–Trinajstić information content (AvgIpc) is 2.18. The van der Waals surface area contributed by atoms with Crippen molar-refractivity contribution in [3.8, 4) is 0 Å². The Morgan fingerprint density at radius 3 is 2.41 bits per heavy atom. The summed E-state index contributed by atoms with van der Waals surface area (Å²) in [6, 6.07) is 0. The van der Waals surface area contributed by atoms with Gasteiger partial charge in [-0.1, -0.05) is 13.8 Å². The van der Waals surface area contributed by atoms with Gasteiger partial charge in [0.05, 0.1) is 0 Å². The zero-order valence-electron chi connectivity index (χ0n) is 10.4. The smallest absolute Gasteiger partial charge is 0.356 e. The van der Waals surface area contributed by atoms with Gasteiger partial charge in [-0.15, -0.1) is 0 Å². The standard InChI is InChI=1S/C11H21F3N2O/c1-9(2)8-16-10(17)4-7-15-6-3-5-11(12,13)14/h9,15H,3-8H2,1-2H3,(H,16,17). The Hall–Kier alpha value is -0.780. The number of alkyl halides is 3. The van der Waals surface area contributed by atoms with Gasteiger partial charge < -0.3 is 10.6 Å². The van der Waals surface area contributed by atoms with Gasteiger partial charge in [-0.05, 0) is 18.9 Å². The van der Waals surface area contributed by atoms with Crippen molar-refractivity contribution < 1.29 is 18.0 Å². The molecule has 0 aliphatic heterocycles. The fourth-order valence-electron chi connectivity index (χ4n) is 1.15. The van der Waals surface area contributed by atoms with E-state index in [4.69, 9.17) is 0 Å². The van der Waals surface area contributed by atoms with Gasteiger partial charge in [0, 0.05) is 25.9 Å². The van der Waals surface area contributed by atoms with Gasteiger partial charge in [-0.25, -0.2) is 0 Å². The van der Waals surface area contributed by atoms with E-state index in [-0.39, 0.29) is 18.9 Å². The Kier molecular flexibility index (Phi) is 7.95. The normalized spacial score (nSPS) is 11.9. The molecule has 0 saturated carbocycles. The van der Waals surface area contributed by atoms with Crippen LogP contribution in [-0.4, -0.2) is 31.7 Å². The summed E-state index contributed by atoms with van der Waals surface area (Å²) in [5.74, 6) is 0.334. The molecule has 2 N–H and O–H groups in total. The first-order valence-electron chi connectivity index (χ1n) is 5.85. The summed E-state index contributed by atoms with van der Waals surface area (Å²) < 4.78 is 35.3. The number of hydrogen-bond acceptors (Lipinski definition) is 2. The van der Waals surface area contributed by atoms with Crippen LogP contribution in [0.1, 0.15) is 33.1 Å². The van der Waals surface area contributed by atoms with Gasteiger partial charge >= 0.3 is 6.18 Å². The van der Waals surface area contributed by atoms with Gasteiger partial charge in [-0.3, -0.25) is 4.79 Å². The first kappa shape index (κ1) is 16.2. The van der Waals surface area contributed by atoms with Crippen molar-refractivity contribution in [3.63, 3.8) is 0 Å². The zero-order chi connectivity index (χ0) is 13.3. The summed E-state index contributed by atoms with van der Waals surface area (Å²) in [5.41, 5.74) is 0. The highest BCUT2D eigenvalue weighted by molar-refractivity contribution is 5.76. The molecule has 0 rings (SSSR count). The van der Waals surface area contributed by atoms with Crippen molar-refractivity contribution in [2.45, 2.75) is 39.3 Å². The molecule has 0 bridgehead atoms. The Morgan fingerprint density at radius 2 is 1.88 bits per heavy atom. The molecule has 0 aliphatic carbocycles. The molecular weight excluding hydrogens is 233 g/mol. The zero-order valence-corrected chi connectivity index (χ0v) is 10.4. The van der Waals surface area contributed by atoms with Crippen LogP contribution in [0.4, 0.5) is 13.2 Å². The van der Waals surface area contributed by atoms with Crippen LogP contribution in [0.3, 0.4) is 0 Å². The van der Waals surface area contributed by atoms with Gasteiger partial charge in [0.15, 0.2) is 0 Å². The molecule has 0 fully saturated rings. The van der Waals surface area contributed by atoms with Crippen LogP contribution in [0.5, 0.6) is 0 Å². The Bertz CT molecular complexity index is 217. The topological polar surface area (TPSA) is 41.1 Å². The van der Waals surface area contributed by atoms with Gasteiger partial charge in [0.2, 0.25) is 5.91 Å². The second-order valence-electron chi connectivity index (χ2n) is 4.42. The molecule has 0 saturated heterocycles. The van der Waals surface area contributed by atoms with E-state index in [0.29, 0.717) is 25.4 Å². The van der Waals surface area contributed by atoms with E-state index < -0.39 is 12.6 Å². The third-order valence-electron chi connectivity index (χ3n) is 2.05. The molecule has 0 unspecified atom stereocenters. The fraction of sp³-hybridized carbons (Fsp3) is 0.909. The molecule has 0 aromatic heterocycles. The molecule has 0 heterocycles. The molecule has 0 aliphatic rings. The van der Waals surface area contributed by atoms with Crippen molar-refractivity contribution in [1.29, 1.82) is 0 Å². The highest BCUT2D eigenvalue weighted by Gasteiger charge is 2.25. The van der Waals surface area contributed by atoms with Crippen LogP contribution in [0.25, 0.3) is 0 Å². The van der Waals surface area contributed by atoms with Crippen LogP contribution >= 0.6 is 0 Å². The molecule has 3 nitrogen and oxygen atoms in total. The quantitative estimate of drug-likeness (QED) is 0.651. The lowest BCUT2D eigenvalue weighted by Crippen LogP contribution is -2.30. The first-order valence-corrected chi connectivity index (χ1v) is 5.85. The number of carbonyl (C=O) groups excluding carboxylic acids is 1. The van der Waals surface area contributed by atoms with Crippen LogP contribution in [0.2, 0.25) is 0 Å². The monoisotopic (exact) mass is 254 g/mol. The van der Waals surface area contributed by atoms with Crippen LogP contribution in [0, 0.1) is 5.92 Å². The van der Waals surface area contributed by atoms with E-state index in [1.807, 2.05) is 13.8 Å². The predicted molar refractivity (Wildman–Crippen MR) is 60.6 cm³/mol. The lowest BCUT2D eigenvalue weighted by atomic mass is 10.2. The van der Waals surface area contributed by atoms with Crippen molar-refractivity contribution in [2.24, 2.45) is 5.92 Å². The molecular formula is C11H21F3N2O. The van der Waals surface area contributed by atoms with Gasteiger partial charge in [0.25, 0.3) is 0 Å². The Morgan fingerprint density at radius 1 is 1.24 bits per heavy atom. The highest BCUT2D eigenvalue weighted by atomic mass is 19.4. The van der Waals surface area contributed by atoms with Crippen LogP contribution < -0.4 is 10.6 Å². The molecule has 0 spiro atoms. The molecule has 0 aromatic carbocycles. The predicted octanol–water partition coefficient (Wildman–Crippen LogP) is 2.08. The summed E-state index contributed by atoms with van der Waals surface area (Å²) >= 11 is 0. The Labute approximate surface area is 100 Å². The molecule has 1 amide bonds. The second kappa shape index (κ2) is 8.33. The van der Waals surface area contributed by atoms with Crippen molar-refractivity contribution in [2.75, 3.05) is 19.6 Å². The van der Waals surface area contributed by atoms with Gasteiger partial charge in [0.1, 0.15) is 0 Å². The molecule has 6 heteroatoms. The van der Waals surface area contributed by atoms with E-state index >= 15 is 0 Å². The SMILES string of the molecule is CC(C)CNC(=O)CCNCCCC(F)(F)F. The first-order chi connectivity index (χ1) is 7.81. The third-order valence-corrected chi connectivity index (χ3v) is 2.05. The Balaban J connectivity index is 3.31. The fourth-order valence-corrected chi connectivity index (χ4v) is 1.15. The largest absolute Gasteiger partial charge is 0.389 e. The lowest BCUT2D eigenvalue weighted by Gasteiger charge is -2.09. The number of hydrogen-bond donors (Lipinski definition) is 2. The maximum absolute atomic E-state index is 11.8. The lowest BCUT2D eigenvalue weighted by molar-refractivity contribution is -0.135. The van der Waals surface area contributed by atoms with Crippen LogP contribution in [-0.2, 0) is 4.79 Å². The van der Waals surface area contributed by atoms with Crippen molar-refractivity contribution >= 4 is 5.91 Å². The van der Waals surface area contributed by atoms with E-state index in [1.165, 1.54) is 0 Å². The maximum Gasteiger partial charge on any atom is 0.389 e. The maximum atomic E-state index is 11.8. The van der Waals surface area contributed by atoms with Crippen LogP contribution in [0.15, 0.2) is 0 Å². The van der Waals surface area contributed by atoms with E-state index in [2.05, 4.69) is 10.6 Å². The van der Waals surface area contributed by atoms with Crippen molar-refractivity contribution in [1.82, 2.24) is 10.6 Å². The second-order valence-corrected chi connectivity index (χ2v) is 4.42. The number of carbonyl (C=O) groups is 1. The summed E-state index contributed by atoms with van der Waals surface area (Å²) in [6.07, 6.45) is -4.51. The highest BCUT2D eigenvalue weighted by Crippen LogP contribution is 2.20. The summed E-state index contributed by atoms with van der Waals surface area (Å²) in [7, 11) is 0. The molecule has 17 heavy (non-hydrogen) atoms.